The quantitative estimate of drug-likeness (QED) is 0.159. The molecular weight excluding hydrogens is 879 g/mol. The summed E-state index contributed by atoms with van der Waals surface area (Å²) in [6.07, 6.45) is 0. The molecule has 0 bridgehead atoms. The van der Waals surface area contributed by atoms with Crippen molar-refractivity contribution in [3.05, 3.63) is 282 Å². The predicted octanol–water partition coefficient (Wildman–Crippen LogP) is 19.2. The fourth-order valence-electron chi connectivity index (χ4n) is 14.0. The van der Waals surface area contributed by atoms with E-state index in [1.807, 2.05) is 0 Å². The fraction of sp³-hybridized carbons (Fsp3) is 0.0556. The van der Waals surface area contributed by atoms with E-state index < -0.39 is 5.41 Å². The number of anilines is 3. The minimum absolute atomic E-state index is 0.133. The minimum atomic E-state index is -0.531. The van der Waals surface area contributed by atoms with Gasteiger partial charge in [-0.05, 0) is 169 Å². The standard InChI is InChI=1S/C72H47N/c1-71(2)64-27-13-9-25-57(64)62-41-48(36-38-65(62)71)73(47-35-37-54-52-21-6-5-19-50(52)51-20-7-8-22-53(51)61(54)40-47)70-43-69-63(42-60(70)46-34-33-45-32-31-44-17-3-4-18-49(44)59(45)39-46)58-26-12-16-30-68(58)72(69)66-28-14-10-23-55(66)56-24-11-15-29-67(56)72/h3-43H,1-2H3. The first-order valence-corrected chi connectivity index (χ1v) is 25.7. The van der Waals surface area contributed by atoms with Crippen molar-refractivity contribution in [2.24, 2.45) is 0 Å². The Bertz CT molecular complexity index is 4470. The van der Waals surface area contributed by atoms with Crippen LogP contribution in [0.3, 0.4) is 0 Å². The molecule has 0 aliphatic heterocycles. The van der Waals surface area contributed by atoms with Gasteiger partial charge in [0.1, 0.15) is 0 Å². The van der Waals surface area contributed by atoms with E-state index in [-0.39, 0.29) is 5.41 Å². The van der Waals surface area contributed by atoms with Crippen molar-refractivity contribution >= 4 is 70.9 Å². The second kappa shape index (κ2) is 14.8. The Morgan fingerprint density at radius 3 is 1.34 bits per heavy atom. The van der Waals surface area contributed by atoms with Crippen molar-refractivity contribution in [1.82, 2.24) is 0 Å². The molecule has 3 aliphatic carbocycles. The van der Waals surface area contributed by atoms with Gasteiger partial charge in [0.2, 0.25) is 0 Å². The second-order valence-corrected chi connectivity index (χ2v) is 21.1. The maximum atomic E-state index is 2.60. The molecule has 3 aliphatic rings. The van der Waals surface area contributed by atoms with Crippen molar-refractivity contribution in [1.29, 1.82) is 0 Å². The van der Waals surface area contributed by atoms with Crippen molar-refractivity contribution in [3.8, 4) is 44.5 Å². The lowest BCUT2D eigenvalue weighted by molar-refractivity contribution is 0.660. The zero-order valence-electron chi connectivity index (χ0n) is 40.6. The Hall–Kier alpha value is -9.04. The monoisotopic (exact) mass is 925 g/mol. The summed E-state index contributed by atoms with van der Waals surface area (Å²) in [6.45, 7) is 4.76. The summed E-state index contributed by atoms with van der Waals surface area (Å²) in [4.78, 5) is 2.60. The SMILES string of the molecule is CC1(C)c2ccccc2-c2cc(N(c3ccc4c5ccccc5c5ccccc5c4c3)c3cc4c(cc3-c3ccc5ccc6ccccc6c5c3)-c3ccccc3C43c4ccccc4-c4ccccc43)ccc21. The fourth-order valence-corrected chi connectivity index (χ4v) is 14.0. The lowest BCUT2D eigenvalue weighted by atomic mass is 9.70. The van der Waals surface area contributed by atoms with Gasteiger partial charge < -0.3 is 4.90 Å². The third-order valence-corrected chi connectivity index (χ3v) is 17.2. The van der Waals surface area contributed by atoms with Crippen molar-refractivity contribution in [2.75, 3.05) is 4.90 Å². The van der Waals surface area contributed by atoms with Gasteiger partial charge in [0.05, 0.1) is 11.1 Å². The van der Waals surface area contributed by atoms with Crippen molar-refractivity contribution in [2.45, 2.75) is 24.7 Å². The highest BCUT2D eigenvalue weighted by molar-refractivity contribution is 6.26. The average molecular weight is 926 g/mol. The number of rotatable bonds is 4. The van der Waals surface area contributed by atoms with Crippen LogP contribution in [0.25, 0.3) is 98.4 Å². The first-order chi connectivity index (χ1) is 36.0. The summed E-state index contributed by atoms with van der Waals surface area (Å²) < 4.78 is 0. The van der Waals surface area contributed by atoms with Gasteiger partial charge in [-0.3, -0.25) is 0 Å². The Balaban J connectivity index is 1.06. The van der Waals surface area contributed by atoms with Gasteiger partial charge in [-0.25, -0.2) is 0 Å². The molecule has 13 aromatic rings. The van der Waals surface area contributed by atoms with Crippen LogP contribution >= 0.6 is 0 Å². The highest BCUT2D eigenvalue weighted by atomic mass is 15.1. The van der Waals surface area contributed by atoms with E-state index in [1.54, 1.807) is 0 Å². The zero-order chi connectivity index (χ0) is 48.2. The van der Waals surface area contributed by atoms with Gasteiger partial charge in [0.25, 0.3) is 0 Å². The molecule has 0 saturated carbocycles. The number of hydrogen-bond donors (Lipinski definition) is 0. The number of nitrogens with zero attached hydrogens (tertiary/aromatic N) is 1. The second-order valence-electron chi connectivity index (χ2n) is 21.1. The van der Waals surface area contributed by atoms with Crippen LogP contribution < -0.4 is 4.90 Å². The summed E-state index contributed by atoms with van der Waals surface area (Å²) in [5.74, 6) is 0. The van der Waals surface area contributed by atoms with E-state index in [9.17, 15) is 0 Å². The van der Waals surface area contributed by atoms with E-state index in [0.29, 0.717) is 0 Å². The molecule has 340 valence electrons. The van der Waals surface area contributed by atoms with E-state index >= 15 is 0 Å². The molecule has 0 aromatic heterocycles. The molecule has 0 saturated heterocycles. The maximum Gasteiger partial charge on any atom is 0.0726 e. The molecule has 0 fully saturated rings. The first-order valence-electron chi connectivity index (χ1n) is 25.7. The lowest BCUT2D eigenvalue weighted by Crippen LogP contribution is -2.26. The molecule has 0 N–H and O–H groups in total. The Morgan fingerprint density at radius 1 is 0.260 bits per heavy atom. The van der Waals surface area contributed by atoms with Crippen LogP contribution in [0.5, 0.6) is 0 Å². The van der Waals surface area contributed by atoms with Crippen LogP contribution in [-0.4, -0.2) is 0 Å². The molecular formula is C72H47N. The highest BCUT2D eigenvalue weighted by Gasteiger charge is 2.52. The van der Waals surface area contributed by atoms with Crippen LogP contribution in [-0.2, 0) is 10.8 Å². The van der Waals surface area contributed by atoms with Crippen molar-refractivity contribution < 1.29 is 0 Å². The van der Waals surface area contributed by atoms with Gasteiger partial charge in [-0.15, -0.1) is 0 Å². The Labute approximate surface area is 424 Å². The van der Waals surface area contributed by atoms with Crippen LogP contribution in [0.15, 0.2) is 249 Å². The third-order valence-electron chi connectivity index (χ3n) is 17.2. The van der Waals surface area contributed by atoms with E-state index in [2.05, 4.69) is 267 Å². The summed E-state index contributed by atoms with van der Waals surface area (Å²) in [6, 6.07) is 94.7. The van der Waals surface area contributed by atoms with E-state index in [1.165, 1.54) is 132 Å². The van der Waals surface area contributed by atoms with Gasteiger partial charge in [-0.1, -0.05) is 220 Å². The zero-order valence-corrected chi connectivity index (χ0v) is 40.6. The van der Waals surface area contributed by atoms with Crippen LogP contribution in [0, 0.1) is 0 Å². The van der Waals surface area contributed by atoms with E-state index in [4.69, 9.17) is 0 Å². The van der Waals surface area contributed by atoms with Crippen molar-refractivity contribution in [3.63, 3.8) is 0 Å². The predicted molar refractivity (Wildman–Crippen MR) is 308 cm³/mol. The topological polar surface area (TPSA) is 3.24 Å². The molecule has 13 aromatic carbocycles. The molecule has 1 nitrogen and oxygen atoms in total. The normalized spacial score (nSPS) is 14.1. The molecule has 0 atom stereocenters. The highest BCUT2D eigenvalue weighted by Crippen LogP contribution is 2.64. The number of fused-ring (bicyclic) bond motifs is 22. The van der Waals surface area contributed by atoms with Crippen LogP contribution in [0.1, 0.15) is 47.2 Å². The lowest BCUT2D eigenvalue weighted by Gasteiger charge is -2.34. The van der Waals surface area contributed by atoms with E-state index in [0.717, 1.165) is 17.1 Å². The third kappa shape index (κ3) is 5.41. The van der Waals surface area contributed by atoms with Gasteiger partial charge >= 0.3 is 0 Å². The maximum absolute atomic E-state index is 2.60. The Kier molecular flexibility index (Phi) is 8.22. The number of benzene rings is 13. The largest absolute Gasteiger partial charge is 0.310 e. The molecule has 1 spiro atoms. The molecule has 0 heterocycles. The van der Waals surface area contributed by atoms with Gasteiger partial charge in [-0.2, -0.15) is 0 Å². The van der Waals surface area contributed by atoms with Crippen LogP contribution in [0.2, 0.25) is 0 Å². The minimum Gasteiger partial charge on any atom is -0.310 e. The Morgan fingerprint density at radius 2 is 0.699 bits per heavy atom. The summed E-state index contributed by atoms with van der Waals surface area (Å²) >= 11 is 0. The van der Waals surface area contributed by atoms with Gasteiger partial charge in [0.15, 0.2) is 0 Å². The molecule has 0 radical (unpaired) electrons. The summed E-state index contributed by atoms with van der Waals surface area (Å²) in [7, 11) is 0. The molecule has 0 unspecified atom stereocenters. The van der Waals surface area contributed by atoms with Gasteiger partial charge in [0, 0.05) is 22.4 Å². The summed E-state index contributed by atoms with van der Waals surface area (Å²) in [5, 5.41) is 12.6. The number of hydrogen-bond acceptors (Lipinski definition) is 1. The first kappa shape index (κ1) is 40.7. The molecule has 1 heteroatoms. The molecule has 73 heavy (non-hydrogen) atoms. The molecule has 16 rings (SSSR count). The molecule has 0 amide bonds. The average Bonchev–Trinajstić information content (AvgIpc) is 4.01. The van der Waals surface area contributed by atoms with Crippen LogP contribution in [0.4, 0.5) is 17.1 Å². The smallest absolute Gasteiger partial charge is 0.0726 e. The summed E-state index contributed by atoms with van der Waals surface area (Å²) in [5.41, 5.74) is 20.9.